The average Bonchev–Trinajstić information content (AvgIpc) is 2.86. The molecule has 0 aliphatic heterocycles. The number of hydrogen-bond acceptors (Lipinski definition) is 6. The molecule has 0 radical (unpaired) electrons. The zero-order valence-electron chi connectivity index (χ0n) is 18.6. The lowest BCUT2D eigenvalue weighted by atomic mass is 10.1. The molecule has 33 heavy (non-hydrogen) atoms. The quantitative estimate of drug-likeness (QED) is 0.369. The third-order valence-electron chi connectivity index (χ3n) is 5.42. The predicted molar refractivity (Wildman–Crippen MR) is 133 cm³/mol. The van der Waals surface area contributed by atoms with Crippen LogP contribution in [0, 0.1) is 0 Å². The zero-order valence-corrected chi connectivity index (χ0v) is 18.6. The number of hydrogen-bond donors (Lipinski definition) is 3. The highest BCUT2D eigenvalue weighted by Crippen LogP contribution is 2.24. The summed E-state index contributed by atoms with van der Waals surface area (Å²) in [6.07, 6.45) is 4.12. The van der Waals surface area contributed by atoms with Gasteiger partial charge in [-0.05, 0) is 29.7 Å². The Morgan fingerprint density at radius 3 is 2.21 bits per heavy atom. The molecule has 0 saturated carbocycles. The van der Waals surface area contributed by atoms with Crippen molar-refractivity contribution in [2.45, 2.75) is 19.0 Å². The fourth-order valence-electron chi connectivity index (χ4n) is 3.64. The smallest absolute Gasteiger partial charge is 0.278 e. The van der Waals surface area contributed by atoms with Crippen molar-refractivity contribution in [2.75, 3.05) is 17.2 Å². The lowest BCUT2D eigenvalue weighted by molar-refractivity contribution is 0.688. The summed E-state index contributed by atoms with van der Waals surface area (Å²) < 4.78 is 1.52. The Hall–Kier alpha value is -3.97. The van der Waals surface area contributed by atoms with Crippen LogP contribution in [0.2, 0.25) is 0 Å². The molecule has 4 aromatic rings. The molecule has 7 nitrogen and oxygen atoms in total. The van der Waals surface area contributed by atoms with Crippen LogP contribution in [0.1, 0.15) is 11.1 Å². The van der Waals surface area contributed by atoms with Crippen molar-refractivity contribution in [3.63, 3.8) is 0 Å². The Bertz CT molecular complexity index is 1230. The van der Waals surface area contributed by atoms with Crippen LogP contribution < -0.4 is 21.9 Å². The Labute approximate surface area is 193 Å². The summed E-state index contributed by atoms with van der Waals surface area (Å²) in [6.45, 7) is 1.01. The first-order valence-electron chi connectivity index (χ1n) is 10.9. The first kappa shape index (κ1) is 22.2. The van der Waals surface area contributed by atoms with Crippen molar-refractivity contribution in [1.29, 1.82) is 0 Å². The molecule has 0 fully saturated rings. The second-order valence-electron chi connectivity index (χ2n) is 7.93. The SMILES string of the molecule is Cn1c(NC[C@@H](N)Cc2ccccc2)nc(-c2ccncc2)c(NCc2ccccc2)c1=O. The average molecular weight is 441 g/mol. The number of pyridine rings is 1. The van der Waals surface area contributed by atoms with E-state index in [-0.39, 0.29) is 11.6 Å². The highest BCUT2D eigenvalue weighted by molar-refractivity contribution is 5.74. The molecule has 0 amide bonds. The molecule has 168 valence electrons. The summed E-state index contributed by atoms with van der Waals surface area (Å²) >= 11 is 0. The Kier molecular flexibility index (Phi) is 7.12. The van der Waals surface area contributed by atoms with Crippen molar-refractivity contribution in [3.05, 3.63) is 107 Å². The molecule has 2 aromatic carbocycles. The topological polar surface area (TPSA) is 97.9 Å². The van der Waals surface area contributed by atoms with E-state index in [0.717, 1.165) is 17.5 Å². The first-order chi connectivity index (χ1) is 16.1. The van der Waals surface area contributed by atoms with Gasteiger partial charge in [0.15, 0.2) is 0 Å². The van der Waals surface area contributed by atoms with Gasteiger partial charge < -0.3 is 16.4 Å². The van der Waals surface area contributed by atoms with Gasteiger partial charge in [0.2, 0.25) is 5.95 Å². The van der Waals surface area contributed by atoms with Gasteiger partial charge in [-0.15, -0.1) is 0 Å². The van der Waals surface area contributed by atoms with E-state index in [1.54, 1.807) is 19.4 Å². The van der Waals surface area contributed by atoms with Crippen LogP contribution in [0.3, 0.4) is 0 Å². The third-order valence-corrected chi connectivity index (χ3v) is 5.42. The molecular weight excluding hydrogens is 412 g/mol. The molecule has 4 N–H and O–H groups in total. The van der Waals surface area contributed by atoms with Gasteiger partial charge in [0, 0.05) is 44.1 Å². The fraction of sp³-hybridized carbons (Fsp3) is 0.192. The second kappa shape index (κ2) is 10.6. The molecule has 0 aliphatic carbocycles. The molecule has 0 aliphatic rings. The van der Waals surface area contributed by atoms with Gasteiger partial charge >= 0.3 is 0 Å². The number of aromatic nitrogens is 3. The van der Waals surface area contributed by atoms with Crippen LogP contribution in [-0.4, -0.2) is 27.1 Å². The molecular formula is C26H28N6O. The maximum atomic E-state index is 13.3. The Morgan fingerprint density at radius 2 is 1.55 bits per heavy atom. The Balaban J connectivity index is 1.59. The second-order valence-corrected chi connectivity index (χ2v) is 7.93. The summed E-state index contributed by atoms with van der Waals surface area (Å²) in [5, 5.41) is 6.56. The monoisotopic (exact) mass is 440 g/mol. The normalized spacial score (nSPS) is 11.7. The van der Waals surface area contributed by atoms with Crippen LogP contribution in [-0.2, 0) is 20.0 Å². The number of anilines is 2. The molecule has 1 atom stereocenters. The Morgan fingerprint density at radius 1 is 0.909 bits per heavy atom. The highest BCUT2D eigenvalue weighted by atomic mass is 16.1. The van der Waals surface area contributed by atoms with Gasteiger partial charge in [0.25, 0.3) is 5.56 Å². The highest BCUT2D eigenvalue weighted by Gasteiger charge is 2.17. The molecule has 2 heterocycles. The lowest BCUT2D eigenvalue weighted by Crippen LogP contribution is -2.34. The van der Waals surface area contributed by atoms with E-state index in [2.05, 4.69) is 27.8 Å². The minimum atomic E-state index is -0.160. The zero-order chi connectivity index (χ0) is 23.0. The number of benzene rings is 2. The van der Waals surface area contributed by atoms with Crippen molar-refractivity contribution in [3.8, 4) is 11.3 Å². The van der Waals surface area contributed by atoms with Crippen LogP contribution >= 0.6 is 0 Å². The predicted octanol–water partition coefficient (Wildman–Crippen LogP) is 3.44. The van der Waals surface area contributed by atoms with Crippen LogP contribution in [0.5, 0.6) is 0 Å². The minimum Gasteiger partial charge on any atom is -0.375 e. The van der Waals surface area contributed by atoms with Crippen LogP contribution in [0.4, 0.5) is 11.6 Å². The summed E-state index contributed by atoms with van der Waals surface area (Å²) in [7, 11) is 1.71. The van der Waals surface area contributed by atoms with Crippen molar-refractivity contribution >= 4 is 11.6 Å². The number of nitrogens with one attached hydrogen (secondary N) is 2. The van der Waals surface area contributed by atoms with E-state index in [4.69, 9.17) is 10.7 Å². The summed E-state index contributed by atoms with van der Waals surface area (Å²) in [5.41, 5.74) is 10.3. The molecule has 2 aromatic heterocycles. The van der Waals surface area contributed by atoms with E-state index in [0.29, 0.717) is 30.4 Å². The van der Waals surface area contributed by atoms with Crippen LogP contribution in [0.15, 0.2) is 90.0 Å². The van der Waals surface area contributed by atoms with E-state index >= 15 is 0 Å². The fourth-order valence-corrected chi connectivity index (χ4v) is 3.64. The van der Waals surface area contributed by atoms with Gasteiger partial charge in [0.1, 0.15) is 11.4 Å². The van der Waals surface area contributed by atoms with Crippen LogP contribution in [0.25, 0.3) is 11.3 Å². The first-order valence-corrected chi connectivity index (χ1v) is 10.9. The van der Waals surface area contributed by atoms with Gasteiger partial charge in [-0.1, -0.05) is 60.7 Å². The van der Waals surface area contributed by atoms with Crippen molar-refractivity contribution in [1.82, 2.24) is 14.5 Å². The third kappa shape index (κ3) is 5.64. The van der Waals surface area contributed by atoms with Gasteiger partial charge in [-0.2, -0.15) is 0 Å². The van der Waals surface area contributed by atoms with E-state index in [1.807, 2.05) is 60.7 Å². The van der Waals surface area contributed by atoms with Gasteiger partial charge in [-0.3, -0.25) is 14.3 Å². The molecule has 0 bridgehead atoms. The van der Waals surface area contributed by atoms with Crippen molar-refractivity contribution < 1.29 is 0 Å². The molecule has 0 unspecified atom stereocenters. The van der Waals surface area contributed by atoms with E-state index in [9.17, 15) is 4.79 Å². The number of rotatable bonds is 9. The molecule has 4 rings (SSSR count). The molecule has 0 saturated heterocycles. The van der Waals surface area contributed by atoms with Gasteiger partial charge in [-0.25, -0.2) is 4.98 Å². The summed E-state index contributed by atoms with van der Waals surface area (Å²) in [4.78, 5) is 22.2. The maximum absolute atomic E-state index is 13.3. The largest absolute Gasteiger partial charge is 0.375 e. The summed E-state index contributed by atoms with van der Waals surface area (Å²) in [6, 6.07) is 23.6. The molecule has 0 spiro atoms. The minimum absolute atomic E-state index is 0.121. The summed E-state index contributed by atoms with van der Waals surface area (Å²) in [5.74, 6) is 0.473. The van der Waals surface area contributed by atoms with Gasteiger partial charge in [0.05, 0.1) is 0 Å². The van der Waals surface area contributed by atoms with E-state index < -0.39 is 0 Å². The maximum Gasteiger partial charge on any atom is 0.278 e. The number of nitrogens with zero attached hydrogens (tertiary/aromatic N) is 3. The molecule has 7 heteroatoms. The van der Waals surface area contributed by atoms with Crippen molar-refractivity contribution in [2.24, 2.45) is 12.8 Å². The standard InChI is InChI=1S/C26H28N6O/c1-32-25(33)24(29-17-20-10-6-3-7-11-20)23(21-12-14-28-15-13-21)31-26(32)30-18-22(27)16-19-8-4-2-5-9-19/h2-15,22,29H,16-18,27H2,1H3,(H,30,31)/t22-/m0/s1. The van der Waals surface area contributed by atoms with E-state index in [1.165, 1.54) is 10.1 Å². The lowest BCUT2D eigenvalue weighted by Gasteiger charge is -2.18. The number of nitrogens with two attached hydrogens (primary N) is 1.